The van der Waals surface area contributed by atoms with Gasteiger partial charge in [-0.2, -0.15) is 5.10 Å². The SMILES string of the molecule is CS(=O)(=O)N(c1cccc(C(=O)NCc2ccn[nH]2)c1)C1CN(C(c2ccc(Cl)cc2)c2ccc(Cl)cc2)C1. The van der Waals surface area contributed by atoms with Crippen LogP contribution in [0, 0.1) is 0 Å². The summed E-state index contributed by atoms with van der Waals surface area (Å²) in [7, 11) is -3.63. The molecule has 0 unspecified atom stereocenters. The third-order valence-electron chi connectivity index (χ3n) is 6.68. The van der Waals surface area contributed by atoms with E-state index >= 15 is 0 Å². The van der Waals surface area contributed by atoms with Gasteiger partial charge in [0.2, 0.25) is 10.0 Å². The fraction of sp³-hybridized carbons (Fsp3) is 0.214. The quantitative estimate of drug-likeness (QED) is 0.292. The smallest absolute Gasteiger partial charge is 0.251 e. The minimum atomic E-state index is -3.63. The van der Waals surface area contributed by atoms with Gasteiger partial charge in [0.1, 0.15) is 0 Å². The Morgan fingerprint density at radius 2 is 1.64 bits per heavy atom. The second-order valence-corrected chi connectivity index (χ2v) is 12.2. The number of sulfonamides is 1. The Kier molecular flexibility index (Phi) is 7.95. The van der Waals surface area contributed by atoms with Crippen LogP contribution in [0.4, 0.5) is 5.69 Å². The van der Waals surface area contributed by atoms with E-state index in [0.717, 1.165) is 16.8 Å². The molecular weight excluding hydrogens is 557 g/mol. The highest BCUT2D eigenvalue weighted by molar-refractivity contribution is 7.92. The minimum absolute atomic E-state index is 0.100. The van der Waals surface area contributed by atoms with E-state index in [1.54, 1.807) is 36.5 Å². The standard InChI is InChI=1S/C28H27Cl2N5O3S/c1-39(37,38)35(25-4-2-3-21(15-25)28(36)31-16-24-13-14-32-33-24)26-17-34(18-26)27(19-5-9-22(29)10-6-19)20-7-11-23(30)12-8-20/h2-15,26-27H,16-18H2,1H3,(H,31,36)(H,32,33). The summed E-state index contributed by atoms with van der Waals surface area (Å²) in [5.41, 5.74) is 3.68. The maximum Gasteiger partial charge on any atom is 0.251 e. The molecule has 5 rings (SSSR count). The van der Waals surface area contributed by atoms with Crippen LogP contribution in [0.1, 0.15) is 33.2 Å². The highest BCUT2D eigenvalue weighted by Gasteiger charge is 2.40. The summed E-state index contributed by atoms with van der Waals surface area (Å²) < 4.78 is 27.4. The number of anilines is 1. The molecule has 1 amide bonds. The van der Waals surface area contributed by atoms with Gasteiger partial charge in [0.05, 0.1) is 36.3 Å². The van der Waals surface area contributed by atoms with Crippen molar-refractivity contribution in [1.82, 2.24) is 20.4 Å². The molecule has 0 saturated carbocycles. The molecule has 11 heteroatoms. The van der Waals surface area contributed by atoms with E-state index < -0.39 is 10.0 Å². The number of H-pyrrole nitrogens is 1. The number of carbonyl (C=O) groups excluding carboxylic acids is 1. The third kappa shape index (κ3) is 6.28. The van der Waals surface area contributed by atoms with Crippen molar-refractivity contribution in [2.45, 2.75) is 18.6 Å². The molecule has 1 saturated heterocycles. The molecule has 39 heavy (non-hydrogen) atoms. The molecule has 202 valence electrons. The molecule has 0 radical (unpaired) electrons. The van der Waals surface area contributed by atoms with Crippen LogP contribution in [0.5, 0.6) is 0 Å². The van der Waals surface area contributed by atoms with Gasteiger partial charge in [-0.05, 0) is 59.7 Å². The Balaban J connectivity index is 1.37. The lowest BCUT2D eigenvalue weighted by atomic mass is 9.93. The molecule has 1 aromatic heterocycles. The van der Waals surface area contributed by atoms with Crippen LogP contribution in [0.15, 0.2) is 85.1 Å². The fourth-order valence-corrected chi connectivity index (χ4v) is 6.29. The average Bonchev–Trinajstić information content (AvgIpc) is 3.41. The average molecular weight is 585 g/mol. The first-order valence-corrected chi connectivity index (χ1v) is 14.9. The van der Waals surface area contributed by atoms with Crippen molar-refractivity contribution in [3.63, 3.8) is 0 Å². The van der Waals surface area contributed by atoms with Gasteiger partial charge in [-0.1, -0.05) is 53.5 Å². The van der Waals surface area contributed by atoms with Crippen molar-refractivity contribution < 1.29 is 13.2 Å². The fourth-order valence-electron chi connectivity index (χ4n) is 4.87. The first-order valence-electron chi connectivity index (χ1n) is 12.3. The first-order chi connectivity index (χ1) is 18.7. The molecule has 2 heterocycles. The zero-order valence-corrected chi connectivity index (χ0v) is 23.4. The number of nitrogens with zero attached hydrogens (tertiary/aromatic N) is 3. The number of rotatable bonds is 9. The second-order valence-electron chi connectivity index (χ2n) is 9.49. The lowest BCUT2D eigenvalue weighted by molar-refractivity contribution is 0.0950. The lowest BCUT2D eigenvalue weighted by Gasteiger charge is -2.48. The number of hydrogen-bond acceptors (Lipinski definition) is 5. The largest absolute Gasteiger partial charge is 0.346 e. The van der Waals surface area contributed by atoms with Gasteiger partial charge in [-0.25, -0.2) is 8.42 Å². The van der Waals surface area contributed by atoms with Crippen LogP contribution in [0.2, 0.25) is 10.0 Å². The summed E-state index contributed by atoms with van der Waals surface area (Å²) in [6.07, 6.45) is 2.80. The number of aromatic amines is 1. The van der Waals surface area contributed by atoms with E-state index in [2.05, 4.69) is 20.4 Å². The van der Waals surface area contributed by atoms with Crippen molar-refractivity contribution in [2.75, 3.05) is 23.7 Å². The zero-order valence-electron chi connectivity index (χ0n) is 21.1. The Bertz CT molecular complexity index is 1490. The molecule has 1 fully saturated rings. The number of nitrogens with one attached hydrogen (secondary N) is 2. The summed E-state index contributed by atoms with van der Waals surface area (Å²) in [4.78, 5) is 15.0. The minimum Gasteiger partial charge on any atom is -0.346 e. The molecule has 0 atom stereocenters. The van der Waals surface area contributed by atoms with Crippen molar-refractivity contribution >= 4 is 44.8 Å². The van der Waals surface area contributed by atoms with Crippen LogP contribution in [-0.4, -0.2) is 54.8 Å². The van der Waals surface area contributed by atoms with Crippen LogP contribution >= 0.6 is 23.2 Å². The van der Waals surface area contributed by atoms with E-state index in [9.17, 15) is 13.2 Å². The highest BCUT2D eigenvalue weighted by atomic mass is 35.5. The monoisotopic (exact) mass is 583 g/mol. The van der Waals surface area contributed by atoms with Gasteiger partial charge < -0.3 is 5.32 Å². The second kappa shape index (κ2) is 11.4. The van der Waals surface area contributed by atoms with E-state index in [1.165, 1.54) is 10.6 Å². The lowest BCUT2D eigenvalue weighted by Crippen LogP contribution is -2.61. The first kappa shape index (κ1) is 27.2. The molecule has 0 aliphatic carbocycles. The topological polar surface area (TPSA) is 98.4 Å². The van der Waals surface area contributed by atoms with Crippen LogP contribution < -0.4 is 9.62 Å². The summed E-state index contributed by atoms with van der Waals surface area (Å²) in [5, 5.41) is 10.8. The molecule has 3 aromatic carbocycles. The number of carbonyl (C=O) groups is 1. The van der Waals surface area contributed by atoms with Gasteiger partial charge in [-0.3, -0.25) is 19.1 Å². The van der Waals surface area contributed by atoms with Gasteiger partial charge >= 0.3 is 0 Å². The predicted octanol–water partition coefficient (Wildman–Crippen LogP) is 4.89. The normalized spacial score (nSPS) is 14.3. The van der Waals surface area contributed by atoms with Gasteiger partial charge in [0.25, 0.3) is 5.91 Å². The number of aromatic nitrogens is 2. The van der Waals surface area contributed by atoms with Gasteiger partial charge in [0, 0.05) is 34.9 Å². The maximum absolute atomic E-state index is 13.0. The predicted molar refractivity (Wildman–Crippen MR) is 154 cm³/mol. The van der Waals surface area contributed by atoms with E-state index in [0.29, 0.717) is 34.4 Å². The Labute approximate surface area is 237 Å². The molecular formula is C28H27Cl2N5O3S. The number of benzene rings is 3. The molecule has 2 N–H and O–H groups in total. The van der Waals surface area contributed by atoms with Crippen LogP contribution in [0.25, 0.3) is 0 Å². The molecule has 0 bridgehead atoms. The van der Waals surface area contributed by atoms with Crippen molar-refractivity contribution in [1.29, 1.82) is 0 Å². The van der Waals surface area contributed by atoms with E-state index in [1.807, 2.05) is 48.5 Å². The number of likely N-dealkylation sites (tertiary alicyclic amines) is 1. The summed E-state index contributed by atoms with van der Waals surface area (Å²) in [5.74, 6) is -0.305. The zero-order chi connectivity index (χ0) is 27.6. The summed E-state index contributed by atoms with van der Waals surface area (Å²) in [6.45, 7) is 1.28. The van der Waals surface area contributed by atoms with E-state index in [-0.39, 0.29) is 24.5 Å². The van der Waals surface area contributed by atoms with Gasteiger partial charge in [0.15, 0.2) is 0 Å². The molecule has 1 aliphatic rings. The van der Waals surface area contributed by atoms with Crippen molar-refractivity contribution in [3.05, 3.63) is 117 Å². The number of hydrogen-bond donors (Lipinski definition) is 2. The number of amides is 1. The molecule has 0 spiro atoms. The Hall–Kier alpha value is -3.37. The molecule has 8 nitrogen and oxygen atoms in total. The highest BCUT2D eigenvalue weighted by Crippen LogP contribution is 2.36. The van der Waals surface area contributed by atoms with Crippen LogP contribution in [0.3, 0.4) is 0 Å². The Morgan fingerprint density at radius 1 is 1.03 bits per heavy atom. The van der Waals surface area contributed by atoms with Gasteiger partial charge in [-0.15, -0.1) is 0 Å². The van der Waals surface area contributed by atoms with Crippen molar-refractivity contribution in [3.8, 4) is 0 Å². The van der Waals surface area contributed by atoms with Crippen molar-refractivity contribution in [2.24, 2.45) is 0 Å². The van der Waals surface area contributed by atoms with Crippen LogP contribution in [-0.2, 0) is 16.6 Å². The molecule has 1 aliphatic heterocycles. The molecule has 4 aromatic rings. The Morgan fingerprint density at radius 3 is 2.18 bits per heavy atom. The summed E-state index contributed by atoms with van der Waals surface area (Å²) in [6, 6.07) is 23.4. The third-order valence-corrected chi connectivity index (χ3v) is 8.40. The summed E-state index contributed by atoms with van der Waals surface area (Å²) >= 11 is 12.3. The number of halogens is 2. The van der Waals surface area contributed by atoms with E-state index in [4.69, 9.17) is 23.2 Å². The maximum atomic E-state index is 13.0.